The molecule has 2 aromatic rings. The van der Waals surface area contributed by atoms with Crippen molar-refractivity contribution in [3.8, 4) is 11.5 Å². The van der Waals surface area contributed by atoms with E-state index in [1.54, 1.807) is 18.2 Å². The van der Waals surface area contributed by atoms with Crippen molar-refractivity contribution in [3.05, 3.63) is 53.6 Å². The monoisotopic (exact) mass is 368 g/mol. The maximum Gasteiger partial charge on any atom is 0.220 e. The maximum atomic E-state index is 12.3. The number of fused-ring (bicyclic) bond motifs is 1. The minimum absolute atomic E-state index is 0.0857. The van der Waals surface area contributed by atoms with Gasteiger partial charge in [-0.2, -0.15) is 0 Å². The van der Waals surface area contributed by atoms with E-state index in [0.29, 0.717) is 36.8 Å². The minimum Gasteiger partial charge on any atom is -0.486 e. The second-order valence-electron chi connectivity index (χ2n) is 6.62. The molecule has 1 heterocycles. The molecule has 1 aliphatic rings. The van der Waals surface area contributed by atoms with E-state index in [9.17, 15) is 9.59 Å². The van der Waals surface area contributed by atoms with E-state index in [-0.39, 0.29) is 24.5 Å². The van der Waals surface area contributed by atoms with Crippen LogP contribution >= 0.6 is 0 Å². The summed E-state index contributed by atoms with van der Waals surface area (Å²) in [6.45, 7) is 1.44. The molecule has 0 atom stereocenters. The smallest absolute Gasteiger partial charge is 0.220 e. The molecule has 0 spiro atoms. The third-order valence-corrected chi connectivity index (χ3v) is 4.39. The quantitative estimate of drug-likeness (QED) is 0.761. The lowest BCUT2D eigenvalue weighted by Crippen LogP contribution is -2.23. The molecule has 142 valence electrons. The summed E-state index contributed by atoms with van der Waals surface area (Å²) < 4.78 is 10.9. The van der Waals surface area contributed by atoms with Crippen LogP contribution in [0.1, 0.15) is 28.8 Å². The second-order valence-corrected chi connectivity index (χ2v) is 6.62. The van der Waals surface area contributed by atoms with Crippen LogP contribution in [0, 0.1) is 0 Å². The van der Waals surface area contributed by atoms with Crippen LogP contribution in [0.4, 0.5) is 5.69 Å². The van der Waals surface area contributed by atoms with E-state index < -0.39 is 0 Å². The molecule has 1 aliphatic heterocycles. The normalized spacial score (nSPS) is 12.4. The van der Waals surface area contributed by atoms with E-state index in [1.165, 1.54) is 0 Å². The van der Waals surface area contributed by atoms with Crippen molar-refractivity contribution in [2.45, 2.75) is 19.4 Å². The number of nitrogens with one attached hydrogen (secondary N) is 1. The largest absolute Gasteiger partial charge is 0.486 e. The first-order valence-electron chi connectivity index (χ1n) is 8.99. The number of Topliss-reactive ketones (excluding diaryl/α,β-unsaturated/α-hetero) is 1. The molecule has 1 amide bonds. The molecule has 0 aliphatic carbocycles. The number of rotatable bonds is 7. The van der Waals surface area contributed by atoms with Crippen molar-refractivity contribution in [1.82, 2.24) is 5.32 Å². The molecule has 0 saturated carbocycles. The Morgan fingerprint density at radius 1 is 0.963 bits per heavy atom. The van der Waals surface area contributed by atoms with Gasteiger partial charge in [0.25, 0.3) is 0 Å². The zero-order valence-corrected chi connectivity index (χ0v) is 15.7. The highest BCUT2D eigenvalue weighted by Gasteiger charge is 2.15. The van der Waals surface area contributed by atoms with Crippen LogP contribution in [0.25, 0.3) is 0 Å². The SMILES string of the molecule is CN(C)c1ccc(CNC(=O)CCC(=O)c2ccc3c(c2)OCCO3)cc1. The second kappa shape index (κ2) is 8.58. The number of benzene rings is 2. The Kier molecular flexibility index (Phi) is 5.96. The third-order valence-electron chi connectivity index (χ3n) is 4.39. The van der Waals surface area contributed by atoms with Crippen molar-refractivity contribution in [2.75, 3.05) is 32.2 Å². The average Bonchev–Trinajstić information content (AvgIpc) is 2.70. The molecular formula is C21H24N2O4. The van der Waals surface area contributed by atoms with Crippen molar-refractivity contribution in [1.29, 1.82) is 0 Å². The summed E-state index contributed by atoms with van der Waals surface area (Å²) >= 11 is 0. The van der Waals surface area contributed by atoms with Crippen LogP contribution in [0.2, 0.25) is 0 Å². The fourth-order valence-corrected chi connectivity index (χ4v) is 2.79. The van der Waals surface area contributed by atoms with Gasteiger partial charge in [-0.15, -0.1) is 0 Å². The predicted octanol–water partition coefficient (Wildman–Crippen LogP) is 2.80. The third kappa shape index (κ3) is 5.00. The van der Waals surface area contributed by atoms with Crippen LogP contribution in [0.3, 0.4) is 0 Å². The Hall–Kier alpha value is -3.02. The van der Waals surface area contributed by atoms with Crippen molar-refractivity contribution in [3.63, 3.8) is 0 Å². The standard InChI is InChI=1S/C21H24N2O4/c1-23(2)17-6-3-15(4-7-17)14-22-21(25)10-8-18(24)16-5-9-19-20(13-16)27-12-11-26-19/h3-7,9,13H,8,10-12,14H2,1-2H3,(H,22,25). The molecule has 0 aromatic heterocycles. The molecular weight excluding hydrogens is 344 g/mol. The molecule has 0 fully saturated rings. The lowest BCUT2D eigenvalue weighted by molar-refractivity contribution is -0.121. The summed E-state index contributed by atoms with van der Waals surface area (Å²) in [6, 6.07) is 13.1. The molecule has 0 unspecified atom stereocenters. The van der Waals surface area contributed by atoms with E-state index in [2.05, 4.69) is 5.32 Å². The predicted molar refractivity (Wildman–Crippen MR) is 104 cm³/mol. The van der Waals surface area contributed by atoms with Crippen molar-refractivity contribution < 1.29 is 19.1 Å². The highest BCUT2D eigenvalue weighted by molar-refractivity contribution is 5.98. The summed E-state index contributed by atoms with van der Waals surface area (Å²) in [5.41, 5.74) is 2.66. The van der Waals surface area contributed by atoms with Gasteiger partial charge in [0.05, 0.1) is 0 Å². The molecule has 1 N–H and O–H groups in total. The van der Waals surface area contributed by atoms with Gasteiger partial charge in [-0.3, -0.25) is 9.59 Å². The molecule has 0 bridgehead atoms. The number of amides is 1. The number of anilines is 1. The Labute approximate surface area is 159 Å². The van der Waals surface area contributed by atoms with Gasteiger partial charge in [-0.05, 0) is 35.9 Å². The highest BCUT2D eigenvalue weighted by Crippen LogP contribution is 2.31. The van der Waals surface area contributed by atoms with Gasteiger partial charge < -0.3 is 19.7 Å². The van der Waals surface area contributed by atoms with Crippen LogP contribution in [-0.4, -0.2) is 39.0 Å². The highest BCUT2D eigenvalue weighted by atomic mass is 16.6. The Balaban J connectivity index is 1.46. The zero-order valence-electron chi connectivity index (χ0n) is 15.7. The van der Waals surface area contributed by atoms with Crippen LogP contribution in [-0.2, 0) is 11.3 Å². The summed E-state index contributed by atoms with van der Waals surface area (Å²) in [5.74, 6) is 1.00. The van der Waals surface area contributed by atoms with Gasteiger partial charge in [0.1, 0.15) is 13.2 Å². The van der Waals surface area contributed by atoms with Gasteiger partial charge in [0.2, 0.25) is 5.91 Å². The first-order chi connectivity index (χ1) is 13.0. The molecule has 0 saturated heterocycles. The number of ketones is 1. The van der Waals surface area contributed by atoms with Gasteiger partial charge >= 0.3 is 0 Å². The van der Waals surface area contributed by atoms with E-state index in [1.807, 2.05) is 43.3 Å². The number of carbonyl (C=O) groups excluding carboxylic acids is 2. The van der Waals surface area contributed by atoms with Gasteiger partial charge in [-0.1, -0.05) is 12.1 Å². The van der Waals surface area contributed by atoms with Crippen LogP contribution in [0.5, 0.6) is 11.5 Å². The first kappa shape index (κ1) is 18.8. The summed E-state index contributed by atoms with van der Waals surface area (Å²) in [6.07, 6.45) is 0.314. The Morgan fingerprint density at radius 3 is 2.37 bits per heavy atom. The number of carbonyl (C=O) groups is 2. The number of hydrogen-bond donors (Lipinski definition) is 1. The number of hydrogen-bond acceptors (Lipinski definition) is 5. The lowest BCUT2D eigenvalue weighted by Gasteiger charge is -2.18. The first-order valence-corrected chi connectivity index (χ1v) is 8.99. The van der Waals surface area contributed by atoms with E-state index in [0.717, 1.165) is 11.3 Å². The summed E-state index contributed by atoms with van der Waals surface area (Å²) in [4.78, 5) is 26.4. The topological polar surface area (TPSA) is 67.9 Å². The summed E-state index contributed by atoms with van der Waals surface area (Å²) in [5, 5.41) is 2.85. The number of ether oxygens (including phenoxy) is 2. The molecule has 3 rings (SSSR count). The summed E-state index contributed by atoms with van der Waals surface area (Å²) in [7, 11) is 3.96. The zero-order chi connectivity index (χ0) is 19.2. The van der Waals surface area contributed by atoms with Crippen LogP contribution < -0.4 is 19.7 Å². The van der Waals surface area contributed by atoms with Crippen LogP contribution in [0.15, 0.2) is 42.5 Å². The Bertz CT molecular complexity index is 815. The van der Waals surface area contributed by atoms with E-state index in [4.69, 9.17) is 9.47 Å². The minimum atomic E-state index is -0.141. The molecule has 6 heteroatoms. The fourth-order valence-electron chi connectivity index (χ4n) is 2.79. The molecule has 0 radical (unpaired) electrons. The molecule has 27 heavy (non-hydrogen) atoms. The van der Waals surface area contributed by atoms with Gasteiger partial charge in [0.15, 0.2) is 17.3 Å². The van der Waals surface area contributed by atoms with E-state index >= 15 is 0 Å². The van der Waals surface area contributed by atoms with Crippen molar-refractivity contribution >= 4 is 17.4 Å². The fraction of sp³-hybridized carbons (Fsp3) is 0.333. The van der Waals surface area contributed by atoms with Gasteiger partial charge in [0, 0.05) is 44.7 Å². The Morgan fingerprint density at radius 2 is 1.67 bits per heavy atom. The van der Waals surface area contributed by atoms with Crippen molar-refractivity contribution in [2.24, 2.45) is 0 Å². The molecule has 6 nitrogen and oxygen atoms in total. The van der Waals surface area contributed by atoms with Gasteiger partial charge in [-0.25, -0.2) is 0 Å². The molecule has 2 aromatic carbocycles. The number of nitrogens with zero attached hydrogens (tertiary/aromatic N) is 1. The maximum absolute atomic E-state index is 12.3. The average molecular weight is 368 g/mol. The lowest BCUT2D eigenvalue weighted by atomic mass is 10.1.